The van der Waals surface area contributed by atoms with Gasteiger partial charge in [0.15, 0.2) is 0 Å². The normalized spacial score (nSPS) is 26.7. The highest BCUT2D eigenvalue weighted by atomic mass is 16.1. The lowest BCUT2D eigenvalue weighted by Gasteiger charge is -2.24. The number of amides is 1. The van der Waals surface area contributed by atoms with E-state index >= 15 is 0 Å². The zero-order chi connectivity index (χ0) is 7.78. The first kappa shape index (κ1) is 7.58. The lowest BCUT2D eigenvalue weighted by molar-refractivity contribution is -0.119. The Kier molecular flexibility index (Phi) is 1.71. The molecule has 1 saturated heterocycles. The van der Waals surface area contributed by atoms with Gasteiger partial charge in [-0.05, 0) is 11.3 Å². The van der Waals surface area contributed by atoms with Gasteiger partial charge in [0.2, 0.25) is 5.91 Å². The van der Waals surface area contributed by atoms with Crippen LogP contribution < -0.4 is 5.32 Å². The summed E-state index contributed by atoms with van der Waals surface area (Å²) in [6, 6.07) is 0. The summed E-state index contributed by atoms with van der Waals surface area (Å²) in [5.74, 6) is 0.736. The fourth-order valence-electron chi connectivity index (χ4n) is 1.22. The summed E-state index contributed by atoms with van der Waals surface area (Å²) < 4.78 is 0. The number of nitrogens with one attached hydrogen (secondary N) is 1. The molecule has 1 fully saturated rings. The lowest BCUT2D eigenvalue weighted by atomic mass is 9.80. The highest BCUT2D eigenvalue weighted by Gasteiger charge is 2.31. The largest absolute Gasteiger partial charge is 0.356 e. The van der Waals surface area contributed by atoms with E-state index in [2.05, 4.69) is 26.1 Å². The number of hydrogen-bond donors (Lipinski definition) is 1. The van der Waals surface area contributed by atoms with Crippen molar-refractivity contribution in [1.29, 1.82) is 0 Å². The summed E-state index contributed by atoms with van der Waals surface area (Å²) >= 11 is 0. The van der Waals surface area contributed by atoms with Crippen LogP contribution >= 0.6 is 0 Å². The van der Waals surface area contributed by atoms with Crippen LogP contribution in [0.5, 0.6) is 0 Å². The zero-order valence-corrected chi connectivity index (χ0v) is 6.90. The molecule has 0 aromatic rings. The molecule has 1 N–H and O–H groups in total. The number of rotatable bonds is 0. The SMILES string of the molecule is CC(C)(C)[C@@H]1CNC(=O)C1. The molecule has 1 aliphatic heterocycles. The van der Waals surface area contributed by atoms with Crippen molar-refractivity contribution in [3.8, 4) is 0 Å². The molecule has 1 amide bonds. The van der Waals surface area contributed by atoms with Gasteiger partial charge in [0.25, 0.3) is 0 Å². The molecular weight excluding hydrogens is 126 g/mol. The van der Waals surface area contributed by atoms with Gasteiger partial charge in [0.1, 0.15) is 0 Å². The van der Waals surface area contributed by atoms with Gasteiger partial charge in [-0.3, -0.25) is 4.79 Å². The van der Waals surface area contributed by atoms with Gasteiger partial charge < -0.3 is 5.32 Å². The van der Waals surface area contributed by atoms with E-state index in [-0.39, 0.29) is 11.3 Å². The molecule has 58 valence electrons. The molecule has 0 aromatic carbocycles. The molecule has 0 unspecified atom stereocenters. The Morgan fingerprint density at radius 1 is 1.50 bits per heavy atom. The number of carbonyl (C=O) groups excluding carboxylic acids is 1. The Morgan fingerprint density at radius 3 is 2.30 bits per heavy atom. The van der Waals surface area contributed by atoms with Crippen molar-refractivity contribution >= 4 is 5.91 Å². The highest BCUT2D eigenvalue weighted by Crippen LogP contribution is 2.30. The van der Waals surface area contributed by atoms with Crippen molar-refractivity contribution in [2.24, 2.45) is 11.3 Å². The molecule has 1 atom stereocenters. The van der Waals surface area contributed by atoms with Crippen molar-refractivity contribution < 1.29 is 4.79 Å². The maximum atomic E-state index is 10.8. The zero-order valence-electron chi connectivity index (χ0n) is 6.90. The maximum absolute atomic E-state index is 10.8. The minimum Gasteiger partial charge on any atom is -0.356 e. The van der Waals surface area contributed by atoms with Crippen LogP contribution in [0.1, 0.15) is 27.2 Å². The molecule has 1 heterocycles. The van der Waals surface area contributed by atoms with E-state index in [1.165, 1.54) is 0 Å². The van der Waals surface area contributed by atoms with Crippen LogP contribution in [0.3, 0.4) is 0 Å². The van der Waals surface area contributed by atoms with E-state index in [0.29, 0.717) is 12.3 Å². The third-order valence-corrected chi connectivity index (χ3v) is 2.20. The van der Waals surface area contributed by atoms with Crippen molar-refractivity contribution in [3.63, 3.8) is 0 Å². The van der Waals surface area contributed by atoms with E-state index in [1.54, 1.807) is 0 Å². The second-order valence-electron chi connectivity index (χ2n) is 4.07. The smallest absolute Gasteiger partial charge is 0.220 e. The predicted molar refractivity (Wildman–Crippen MR) is 40.6 cm³/mol. The molecule has 0 spiro atoms. The maximum Gasteiger partial charge on any atom is 0.220 e. The molecule has 0 bridgehead atoms. The van der Waals surface area contributed by atoms with Gasteiger partial charge in [-0.1, -0.05) is 20.8 Å². The minimum atomic E-state index is 0.208. The molecule has 1 rings (SSSR count). The Bertz CT molecular complexity index is 146. The Hall–Kier alpha value is -0.530. The quantitative estimate of drug-likeness (QED) is 0.539. The van der Waals surface area contributed by atoms with Crippen molar-refractivity contribution in [1.82, 2.24) is 5.32 Å². The Morgan fingerprint density at radius 2 is 2.10 bits per heavy atom. The first-order valence-corrected chi connectivity index (χ1v) is 3.77. The van der Waals surface area contributed by atoms with Crippen molar-refractivity contribution in [2.45, 2.75) is 27.2 Å². The first-order valence-electron chi connectivity index (χ1n) is 3.77. The van der Waals surface area contributed by atoms with Crippen LogP contribution in [0.4, 0.5) is 0 Å². The second-order valence-corrected chi connectivity index (χ2v) is 4.07. The first-order chi connectivity index (χ1) is 4.50. The van der Waals surface area contributed by atoms with Crippen LogP contribution in [0.15, 0.2) is 0 Å². The van der Waals surface area contributed by atoms with Crippen LogP contribution in [0, 0.1) is 11.3 Å². The third kappa shape index (κ3) is 1.49. The average molecular weight is 141 g/mol. The predicted octanol–water partition coefficient (Wildman–Crippen LogP) is 1.17. The van der Waals surface area contributed by atoms with Gasteiger partial charge >= 0.3 is 0 Å². The van der Waals surface area contributed by atoms with Crippen molar-refractivity contribution in [3.05, 3.63) is 0 Å². The van der Waals surface area contributed by atoms with Crippen LogP contribution in [-0.4, -0.2) is 12.5 Å². The molecule has 0 aliphatic carbocycles. The molecule has 2 nitrogen and oxygen atoms in total. The summed E-state index contributed by atoms with van der Waals surface area (Å²) in [6.45, 7) is 7.40. The van der Waals surface area contributed by atoms with Gasteiger partial charge in [-0.2, -0.15) is 0 Å². The highest BCUT2D eigenvalue weighted by molar-refractivity contribution is 5.78. The fraction of sp³-hybridized carbons (Fsp3) is 0.875. The lowest BCUT2D eigenvalue weighted by Crippen LogP contribution is -2.22. The van der Waals surface area contributed by atoms with Gasteiger partial charge in [-0.15, -0.1) is 0 Å². The Labute approximate surface area is 62.0 Å². The van der Waals surface area contributed by atoms with Gasteiger partial charge in [0, 0.05) is 13.0 Å². The van der Waals surface area contributed by atoms with E-state index in [0.717, 1.165) is 6.54 Å². The summed E-state index contributed by atoms with van der Waals surface area (Å²) in [7, 11) is 0. The summed E-state index contributed by atoms with van der Waals surface area (Å²) in [4.78, 5) is 10.8. The molecule has 0 saturated carbocycles. The summed E-state index contributed by atoms with van der Waals surface area (Å²) in [5, 5.41) is 2.84. The van der Waals surface area contributed by atoms with Crippen LogP contribution in [0.2, 0.25) is 0 Å². The third-order valence-electron chi connectivity index (χ3n) is 2.20. The van der Waals surface area contributed by atoms with E-state index < -0.39 is 0 Å². The topological polar surface area (TPSA) is 29.1 Å². The number of carbonyl (C=O) groups is 1. The van der Waals surface area contributed by atoms with Crippen molar-refractivity contribution in [2.75, 3.05) is 6.54 Å². The molecular formula is C8H15NO. The summed E-state index contributed by atoms with van der Waals surface area (Å²) in [5.41, 5.74) is 0.277. The Balaban J connectivity index is 2.53. The average Bonchev–Trinajstić information content (AvgIpc) is 2.11. The minimum absolute atomic E-state index is 0.208. The van der Waals surface area contributed by atoms with Crippen LogP contribution in [-0.2, 0) is 4.79 Å². The van der Waals surface area contributed by atoms with E-state index in [4.69, 9.17) is 0 Å². The fourth-order valence-corrected chi connectivity index (χ4v) is 1.22. The molecule has 10 heavy (non-hydrogen) atoms. The van der Waals surface area contributed by atoms with E-state index in [9.17, 15) is 4.79 Å². The van der Waals surface area contributed by atoms with Crippen LogP contribution in [0.25, 0.3) is 0 Å². The monoisotopic (exact) mass is 141 g/mol. The number of hydrogen-bond acceptors (Lipinski definition) is 1. The second kappa shape index (κ2) is 2.26. The van der Waals surface area contributed by atoms with Gasteiger partial charge in [-0.25, -0.2) is 0 Å². The molecule has 0 radical (unpaired) electrons. The molecule has 1 aliphatic rings. The standard InChI is InChI=1S/C8H15NO/c1-8(2,3)6-4-7(10)9-5-6/h6H,4-5H2,1-3H3,(H,9,10)/t6-/m0/s1. The van der Waals surface area contributed by atoms with Gasteiger partial charge in [0.05, 0.1) is 0 Å². The molecule has 0 aromatic heterocycles. The molecule has 2 heteroatoms. The van der Waals surface area contributed by atoms with E-state index in [1.807, 2.05) is 0 Å². The summed E-state index contributed by atoms with van der Waals surface area (Å²) in [6.07, 6.45) is 0.712.